The van der Waals surface area contributed by atoms with Crippen molar-refractivity contribution in [3.8, 4) is 17.6 Å². The Labute approximate surface area is 118 Å². The summed E-state index contributed by atoms with van der Waals surface area (Å²) in [5.41, 5.74) is 1.89. The maximum atomic E-state index is 9.43. The molecule has 2 aromatic rings. The minimum atomic E-state index is -0.278. The highest BCUT2D eigenvalue weighted by molar-refractivity contribution is 5.45. The summed E-state index contributed by atoms with van der Waals surface area (Å²) in [6, 6.07) is 11.7. The van der Waals surface area contributed by atoms with Crippen molar-refractivity contribution in [3.63, 3.8) is 0 Å². The number of nitriles is 1. The Hall–Kier alpha value is -2.54. The van der Waals surface area contributed by atoms with E-state index in [1.165, 1.54) is 0 Å². The van der Waals surface area contributed by atoms with Gasteiger partial charge in [0.2, 0.25) is 0 Å². The first-order chi connectivity index (χ1) is 9.78. The molecule has 0 spiro atoms. The third-order valence-corrected chi connectivity index (χ3v) is 3.13. The molecule has 2 rings (SSSR count). The van der Waals surface area contributed by atoms with Gasteiger partial charge in [-0.15, -0.1) is 0 Å². The molecule has 1 atom stereocenters. The van der Waals surface area contributed by atoms with Crippen molar-refractivity contribution in [2.75, 3.05) is 14.2 Å². The molecule has 4 nitrogen and oxygen atoms in total. The van der Waals surface area contributed by atoms with Crippen LogP contribution in [0.15, 0.2) is 42.7 Å². The van der Waals surface area contributed by atoms with E-state index in [0.717, 1.165) is 11.1 Å². The maximum Gasteiger partial charge on any atom is 0.127 e. The number of benzene rings is 1. The van der Waals surface area contributed by atoms with E-state index in [1.54, 1.807) is 32.7 Å². The first-order valence-electron chi connectivity index (χ1n) is 6.29. The van der Waals surface area contributed by atoms with Gasteiger partial charge in [0.25, 0.3) is 0 Å². The normalized spacial score (nSPS) is 11.4. The van der Waals surface area contributed by atoms with E-state index in [9.17, 15) is 5.26 Å². The van der Waals surface area contributed by atoms with Gasteiger partial charge in [-0.25, -0.2) is 0 Å². The van der Waals surface area contributed by atoms with Crippen molar-refractivity contribution >= 4 is 0 Å². The zero-order chi connectivity index (χ0) is 14.4. The molecular weight excluding hydrogens is 252 g/mol. The van der Waals surface area contributed by atoms with Gasteiger partial charge in [-0.05, 0) is 24.1 Å². The van der Waals surface area contributed by atoms with Crippen LogP contribution < -0.4 is 9.47 Å². The summed E-state index contributed by atoms with van der Waals surface area (Å²) in [6.45, 7) is 0. The van der Waals surface area contributed by atoms with Gasteiger partial charge >= 0.3 is 0 Å². The van der Waals surface area contributed by atoms with Crippen molar-refractivity contribution in [3.05, 3.63) is 53.9 Å². The molecule has 0 aliphatic carbocycles. The SMILES string of the molecule is COc1ccc(C(C#N)Cc2cccnc2)c(OC)c1. The topological polar surface area (TPSA) is 55.1 Å². The van der Waals surface area contributed by atoms with Crippen LogP contribution in [0.1, 0.15) is 17.0 Å². The number of hydrogen-bond donors (Lipinski definition) is 0. The fourth-order valence-electron chi connectivity index (χ4n) is 2.09. The number of rotatable bonds is 5. The molecule has 0 aliphatic rings. The maximum absolute atomic E-state index is 9.43. The summed E-state index contributed by atoms with van der Waals surface area (Å²) in [4.78, 5) is 4.08. The third-order valence-electron chi connectivity index (χ3n) is 3.13. The van der Waals surface area contributed by atoms with Crippen LogP contribution in [0.5, 0.6) is 11.5 Å². The van der Waals surface area contributed by atoms with Crippen molar-refractivity contribution < 1.29 is 9.47 Å². The fraction of sp³-hybridized carbons (Fsp3) is 0.250. The van der Waals surface area contributed by atoms with Gasteiger partial charge in [0, 0.05) is 24.0 Å². The summed E-state index contributed by atoms with van der Waals surface area (Å²) in [5, 5.41) is 9.43. The summed E-state index contributed by atoms with van der Waals surface area (Å²) >= 11 is 0. The molecule has 4 heteroatoms. The Balaban J connectivity index is 2.30. The number of nitrogens with zero attached hydrogens (tertiary/aromatic N) is 2. The Morgan fingerprint density at radius 3 is 2.70 bits per heavy atom. The zero-order valence-corrected chi connectivity index (χ0v) is 11.5. The number of pyridine rings is 1. The number of aromatic nitrogens is 1. The second-order valence-electron chi connectivity index (χ2n) is 4.35. The van der Waals surface area contributed by atoms with E-state index in [2.05, 4.69) is 11.1 Å². The quantitative estimate of drug-likeness (QED) is 0.836. The lowest BCUT2D eigenvalue weighted by Crippen LogP contribution is -2.03. The zero-order valence-electron chi connectivity index (χ0n) is 11.5. The minimum Gasteiger partial charge on any atom is -0.497 e. The molecule has 1 aromatic carbocycles. The van der Waals surface area contributed by atoms with E-state index in [-0.39, 0.29) is 5.92 Å². The molecule has 1 aromatic heterocycles. The molecule has 1 unspecified atom stereocenters. The number of ether oxygens (including phenoxy) is 2. The second-order valence-corrected chi connectivity index (χ2v) is 4.35. The molecule has 0 aliphatic heterocycles. The summed E-state index contributed by atoms with van der Waals surface area (Å²) in [5.74, 6) is 1.10. The summed E-state index contributed by atoms with van der Waals surface area (Å²) in [6.07, 6.45) is 4.10. The first kappa shape index (κ1) is 13.9. The monoisotopic (exact) mass is 268 g/mol. The van der Waals surface area contributed by atoms with E-state index in [0.29, 0.717) is 17.9 Å². The van der Waals surface area contributed by atoms with Crippen LogP contribution in [0.3, 0.4) is 0 Å². The van der Waals surface area contributed by atoms with Crippen molar-refractivity contribution in [1.82, 2.24) is 4.98 Å². The summed E-state index contributed by atoms with van der Waals surface area (Å²) < 4.78 is 10.5. The van der Waals surface area contributed by atoms with Gasteiger partial charge in [-0.2, -0.15) is 5.26 Å². The molecule has 20 heavy (non-hydrogen) atoms. The average Bonchev–Trinajstić information content (AvgIpc) is 2.53. The first-order valence-corrected chi connectivity index (χ1v) is 6.29. The van der Waals surface area contributed by atoms with Gasteiger partial charge in [0.05, 0.1) is 26.2 Å². The molecular formula is C16H16N2O2. The van der Waals surface area contributed by atoms with Crippen molar-refractivity contribution in [1.29, 1.82) is 5.26 Å². The average molecular weight is 268 g/mol. The smallest absolute Gasteiger partial charge is 0.127 e. The van der Waals surface area contributed by atoms with E-state index in [1.807, 2.05) is 24.3 Å². The molecule has 0 saturated heterocycles. The largest absolute Gasteiger partial charge is 0.497 e. The van der Waals surface area contributed by atoms with Crippen LogP contribution in [0.2, 0.25) is 0 Å². The van der Waals surface area contributed by atoms with Crippen LogP contribution in [0, 0.1) is 11.3 Å². The Kier molecular flexibility index (Phi) is 4.56. The Morgan fingerprint density at radius 1 is 1.25 bits per heavy atom. The molecule has 0 N–H and O–H groups in total. The van der Waals surface area contributed by atoms with Crippen molar-refractivity contribution in [2.45, 2.75) is 12.3 Å². The van der Waals surface area contributed by atoms with Gasteiger partial charge in [0.15, 0.2) is 0 Å². The van der Waals surface area contributed by atoms with E-state index >= 15 is 0 Å². The second kappa shape index (κ2) is 6.58. The lowest BCUT2D eigenvalue weighted by molar-refractivity contribution is 0.390. The van der Waals surface area contributed by atoms with Crippen LogP contribution >= 0.6 is 0 Å². The molecule has 0 fully saturated rings. The van der Waals surface area contributed by atoms with E-state index < -0.39 is 0 Å². The lowest BCUT2D eigenvalue weighted by atomic mass is 9.93. The number of methoxy groups -OCH3 is 2. The molecule has 0 saturated carbocycles. The van der Waals surface area contributed by atoms with Gasteiger partial charge in [-0.1, -0.05) is 12.1 Å². The predicted octanol–water partition coefficient (Wildman–Crippen LogP) is 2.95. The van der Waals surface area contributed by atoms with Crippen molar-refractivity contribution in [2.24, 2.45) is 0 Å². The van der Waals surface area contributed by atoms with Crippen LogP contribution in [0.4, 0.5) is 0 Å². The van der Waals surface area contributed by atoms with Crippen LogP contribution in [-0.4, -0.2) is 19.2 Å². The lowest BCUT2D eigenvalue weighted by Gasteiger charge is -2.14. The fourth-order valence-corrected chi connectivity index (χ4v) is 2.09. The van der Waals surface area contributed by atoms with Crippen LogP contribution in [0.25, 0.3) is 0 Å². The predicted molar refractivity (Wildman–Crippen MR) is 75.8 cm³/mol. The molecule has 1 heterocycles. The Morgan fingerprint density at radius 2 is 2.10 bits per heavy atom. The molecule has 0 radical (unpaired) electrons. The van der Waals surface area contributed by atoms with Gasteiger partial charge < -0.3 is 9.47 Å². The van der Waals surface area contributed by atoms with Gasteiger partial charge in [-0.3, -0.25) is 4.98 Å². The van der Waals surface area contributed by atoms with Crippen LogP contribution in [-0.2, 0) is 6.42 Å². The molecule has 0 bridgehead atoms. The summed E-state index contributed by atoms with van der Waals surface area (Å²) in [7, 11) is 3.20. The highest BCUT2D eigenvalue weighted by atomic mass is 16.5. The third kappa shape index (κ3) is 3.07. The number of hydrogen-bond acceptors (Lipinski definition) is 4. The molecule has 0 amide bonds. The highest BCUT2D eigenvalue weighted by Gasteiger charge is 2.17. The molecule has 102 valence electrons. The van der Waals surface area contributed by atoms with E-state index in [4.69, 9.17) is 9.47 Å². The highest BCUT2D eigenvalue weighted by Crippen LogP contribution is 2.32. The van der Waals surface area contributed by atoms with Gasteiger partial charge in [0.1, 0.15) is 11.5 Å². The standard InChI is InChI=1S/C16H16N2O2/c1-19-14-5-6-15(16(9-14)20-2)13(10-17)8-12-4-3-7-18-11-12/h3-7,9,11,13H,8H2,1-2H3. The minimum absolute atomic E-state index is 0.278. The Bertz CT molecular complexity index is 606.